The first kappa shape index (κ1) is 28.9. The SMILES string of the molecule is CCOc1cc(/C=C(\C#N)C(=O)Nc2ccc(OCc3ccc(Br)cc3)cc2)cc(Br)c1OCc1ccccc1. The van der Waals surface area contributed by atoms with E-state index in [1.807, 2.05) is 67.6 Å². The average Bonchev–Trinajstić information content (AvgIpc) is 2.96. The topological polar surface area (TPSA) is 80.6 Å². The van der Waals surface area contributed by atoms with Crippen LogP contribution < -0.4 is 19.5 Å². The Bertz CT molecular complexity index is 1510. The van der Waals surface area contributed by atoms with Crippen molar-refractivity contribution in [3.8, 4) is 23.3 Å². The van der Waals surface area contributed by atoms with E-state index in [1.165, 1.54) is 6.08 Å². The summed E-state index contributed by atoms with van der Waals surface area (Å²) >= 11 is 6.97. The molecule has 4 aromatic rings. The van der Waals surface area contributed by atoms with E-state index < -0.39 is 5.91 Å². The van der Waals surface area contributed by atoms with Gasteiger partial charge in [-0.15, -0.1) is 0 Å². The van der Waals surface area contributed by atoms with Crippen LogP contribution in [0.25, 0.3) is 6.08 Å². The third kappa shape index (κ3) is 8.22. The van der Waals surface area contributed by atoms with Crippen molar-refractivity contribution < 1.29 is 19.0 Å². The van der Waals surface area contributed by atoms with Crippen LogP contribution in [0.15, 0.2) is 106 Å². The summed E-state index contributed by atoms with van der Waals surface area (Å²) in [5.74, 6) is 1.20. The number of benzene rings is 4. The predicted octanol–water partition coefficient (Wildman–Crippen LogP) is 8.31. The Hall–Kier alpha value is -4.06. The van der Waals surface area contributed by atoms with Gasteiger partial charge in [0, 0.05) is 10.2 Å². The summed E-state index contributed by atoms with van der Waals surface area (Å²) in [6.45, 7) is 3.10. The van der Waals surface area contributed by atoms with Gasteiger partial charge < -0.3 is 19.5 Å². The van der Waals surface area contributed by atoms with Crippen molar-refractivity contribution >= 4 is 49.5 Å². The number of nitrogens with zero attached hydrogens (tertiary/aromatic N) is 1. The molecular weight excluding hydrogens is 636 g/mol. The first-order chi connectivity index (χ1) is 19.4. The van der Waals surface area contributed by atoms with Crippen LogP contribution in [0.2, 0.25) is 0 Å². The summed E-state index contributed by atoms with van der Waals surface area (Å²) in [6, 6.07) is 30.2. The fourth-order valence-corrected chi connectivity index (χ4v) is 4.54. The molecule has 4 rings (SSSR count). The normalized spacial score (nSPS) is 10.9. The molecule has 0 fully saturated rings. The molecule has 0 atom stereocenters. The molecule has 0 saturated carbocycles. The Morgan fingerprint density at radius 2 is 1.55 bits per heavy atom. The molecule has 202 valence electrons. The number of halogens is 2. The number of hydrogen-bond donors (Lipinski definition) is 1. The van der Waals surface area contributed by atoms with Crippen LogP contribution >= 0.6 is 31.9 Å². The molecule has 0 aromatic heterocycles. The summed E-state index contributed by atoms with van der Waals surface area (Å²) in [5.41, 5.74) is 3.17. The van der Waals surface area contributed by atoms with Crippen molar-refractivity contribution in [1.29, 1.82) is 5.26 Å². The van der Waals surface area contributed by atoms with Gasteiger partial charge in [-0.1, -0.05) is 58.4 Å². The van der Waals surface area contributed by atoms with E-state index in [9.17, 15) is 10.1 Å². The minimum atomic E-state index is -0.524. The molecule has 0 radical (unpaired) electrons. The van der Waals surface area contributed by atoms with Gasteiger partial charge in [-0.05, 0) is 94.2 Å². The fraction of sp³-hybridized carbons (Fsp3) is 0.125. The smallest absolute Gasteiger partial charge is 0.266 e. The second kappa shape index (κ2) is 14.4. The third-order valence-corrected chi connectivity index (χ3v) is 6.78. The lowest BCUT2D eigenvalue weighted by Gasteiger charge is -2.15. The van der Waals surface area contributed by atoms with Crippen molar-refractivity contribution in [3.63, 3.8) is 0 Å². The van der Waals surface area contributed by atoms with Crippen molar-refractivity contribution in [2.75, 3.05) is 11.9 Å². The van der Waals surface area contributed by atoms with Crippen LogP contribution in [0.4, 0.5) is 5.69 Å². The van der Waals surface area contributed by atoms with Crippen molar-refractivity contribution in [1.82, 2.24) is 0 Å². The summed E-state index contributed by atoms with van der Waals surface area (Å²) in [5, 5.41) is 12.5. The Kier molecular flexibility index (Phi) is 10.4. The molecule has 0 unspecified atom stereocenters. The van der Waals surface area contributed by atoms with E-state index in [4.69, 9.17) is 14.2 Å². The number of rotatable bonds is 11. The molecule has 0 saturated heterocycles. The van der Waals surface area contributed by atoms with Gasteiger partial charge in [-0.3, -0.25) is 4.79 Å². The van der Waals surface area contributed by atoms with Gasteiger partial charge in [0.25, 0.3) is 5.91 Å². The molecule has 0 aliphatic carbocycles. The largest absolute Gasteiger partial charge is 0.490 e. The number of nitriles is 1. The lowest BCUT2D eigenvalue weighted by Crippen LogP contribution is -2.13. The second-order valence-electron chi connectivity index (χ2n) is 8.60. The molecule has 0 bridgehead atoms. The summed E-state index contributed by atoms with van der Waals surface area (Å²) in [4.78, 5) is 12.9. The molecule has 1 N–H and O–H groups in total. The highest BCUT2D eigenvalue weighted by Crippen LogP contribution is 2.38. The molecule has 8 heteroatoms. The van der Waals surface area contributed by atoms with Gasteiger partial charge in [0.05, 0.1) is 11.1 Å². The van der Waals surface area contributed by atoms with E-state index in [1.54, 1.807) is 36.4 Å². The molecule has 0 aliphatic rings. The van der Waals surface area contributed by atoms with Crippen LogP contribution in [0.1, 0.15) is 23.6 Å². The minimum Gasteiger partial charge on any atom is -0.490 e. The van der Waals surface area contributed by atoms with Gasteiger partial charge in [0.2, 0.25) is 0 Å². The van der Waals surface area contributed by atoms with E-state index in [0.717, 1.165) is 15.6 Å². The van der Waals surface area contributed by atoms with Gasteiger partial charge in [-0.25, -0.2) is 0 Å². The van der Waals surface area contributed by atoms with Crippen LogP contribution in [0.5, 0.6) is 17.2 Å². The number of hydrogen-bond acceptors (Lipinski definition) is 5. The maximum atomic E-state index is 12.9. The maximum absolute atomic E-state index is 12.9. The Balaban J connectivity index is 1.43. The van der Waals surface area contributed by atoms with E-state index in [-0.39, 0.29) is 5.57 Å². The second-order valence-corrected chi connectivity index (χ2v) is 10.4. The van der Waals surface area contributed by atoms with E-state index >= 15 is 0 Å². The monoisotopic (exact) mass is 660 g/mol. The molecule has 1 amide bonds. The highest BCUT2D eigenvalue weighted by molar-refractivity contribution is 9.10. The fourth-order valence-electron chi connectivity index (χ4n) is 3.70. The maximum Gasteiger partial charge on any atom is 0.266 e. The van der Waals surface area contributed by atoms with Crippen molar-refractivity contribution in [2.45, 2.75) is 20.1 Å². The van der Waals surface area contributed by atoms with Crippen molar-refractivity contribution in [3.05, 3.63) is 122 Å². The summed E-state index contributed by atoms with van der Waals surface area (Å²) in [7, 11) is 0. The standard InChI is InChI=1S/C32H26Br2N2O4/c1-2-38-30-18-24(17-29(34)31(30)40-21-22-6-4-3-5-7-22)16-25(19-35)32(37)36-27-12-14-28(15-13-27)39-20-23-8-10-26(33)11-9-23/h3-18H,2,20-21H2,1H3,(H,36,37)/b25-16+. The van der Waals surface area contributed by atoms with Gasteiger partial charge in [0.1, 0.15) is 30.6 Å². The quantitative estimate of drug-likeness (QED) is 0.129. The van der Waals surface area contributed by atoms with E-state index in [2.05, 4.69) is 37.2 Å². The molecule has 0 spiro atoms. The number of carbonyl (C=O) groups is 1. The zero-order chi connectivity index (χ0) is 28.3. The zero-order valence-corrected chi connectivity index (χ0v) is 24.9. The lowest BCUT2D eigenvalue weighted by atomic mass is 10.1. The Labute approximate surface area is 250 Å². The van der Waals surface area contributed by atoms with Crippen molar-refractivity contribution in [2.24, 2.45) is 0 Å². The molecule has 0 heterocycles. The van der Waals surface area contributed by atoms with Crippen LogP contribution in [-0.2, 0) is 18.0 Å². The molecule has 40 heavy (non-hydrogen) atoms. The van der Waals surface area contributed by atoms with Gasteiger partial charge in [0.15, 0.2) is 11.5 Å². The number of ether oxygens (including phenoxy) is 3. The summed E-state index contributed by atoms with van der Waals surface area (Å²) in [6.07, 6.45) is 1.51. The summed E-state index contributed by atoms with van der Waals surface area (Å²) < 4.78 is 19.3. The highest BCUT2D eigenvalue weighted by Gasteiger charge is 2.15. The Morgan fingerprint density at radius 3 is 2.23 bits per heavy atom. The average molecular weight is 662 g/mol. The lowest BCUT2D eigenvalue weighted by molar-refractivity contribution is -0.112. The molecule has 6 nitrogen and oxygen atoms in total. The Morgan fingerprint density at radius 1 is 0.875 bits per heavy atom. The van der Waals surface area contributed by atoms with E-state index in [0.29, 0.717) is 52.8 Å². The van der Waals surface area contributed by atoms with Crippen LogP contribution in [-0.4, -0.2) is 12.5 Å². The number of anilines is 1. The molecule has 0 aliphatic heterocycles. The minimum absolute atomic E-state index is 0.0529. The third-order valence-electron chi connectivity index (χ3n) is 5.66. The first-order valence-electron chi connectivity index (χ1n) is 12.5. The number of carbonyl (C=O) groups excluding carboxylic acids is 1. The highest BCUT2D eigenvalue weighted by atomic mass is 79.9. The van der Waals surface area contributed by atoms with Gasteiger partial charge in [-0.2, -0.15) is 5.26 Å². The van der Waals surface area contributed by atoms with Crippen LogP contribution in [0.3, 0.4) is 0 Å². The number of nitrogens with one attached hydrogen (secondary N) is 1. The zero-order valence-electron chi connectivity index (χ0n) is 21.7. The van der Waals surface area contributed by atoms with Crippen LogP contribution in [0, 0.1) is 11.3 Å². The number of amides is 1. The van der Waals surface area contributed by atoms with Gasteiger partial charge >= 0.3 is 0 Å². The molecule has 4 aromatic carbocycles. The predicted molar refractivity (Wildman–Crippen MR) is 163 cm³/mol. The molecular formula is C32H26Br2N2O4. The first-order valence-corrected chi connectivity index (χ1v) is 14.1.